The Kier molecular flexibility index (Phi) is 6.45. The highest BCUT2D eigenvalue weighted by atomic mass is 32.1. The summed E-state index contributed by atoms with van der Waals surface area (Å²) in [6, 6.07) is 63.6. The van der Waals surface area contributed by atoms with Crippen LogP contribution in [0.25, 0.3) is 71.6 Å². The van der Waals surface area contributed by atoms with E-state index in [-0.39, 0.29) is 5.41 Å². The van der Waals surface area contributed by atoms with E-state index in [1.165, 1.54) is 105 Å². The number of benzene rings is 8. The molecule has 0 N–H and O–H groups in total. The first-order valence-corrected chi connectivity index (χ1v) is 20.9. The van der Waals surface area contributed by atoms with Crippen LogP contribution < -0.4 is 4.90 Å². The fraction of sp³-hybridized carbons (Fsp3) is 0.0400. The van der Waals surface area contributed by atoms with E-state index in [1.807, 2.05) is 34.0 Å². The number of fused-ring (bicyclic) bond motifs is 12. The summed E-state index contributed by atoms with van der Waals surface area (Å²) in [7, 11) is 0. The SMILES string of the molecule is CC1(c2cccc3sc4c(N(c5ccc6c(c5)sc5ccccc56)c5ccc6c(c5)sc5ccccc56)cccc4c23)c2ccccc2-c2ccccc21. The highest BCUT2D eigenvalue weighted by Gasteiger charge is 2.41. The average Bonchev–Trinajstić information content (AvgIpc) is 3.97. The summed E-state index contributed by atoms with van der Waals surface area (Å²) in [6.07, 6.45) is 0. The molecule has 0 saturated carbocycles. The van der Waals surface area contributed by atoms with Crippen molar-refractivity contribution in [1.29, 1.82) is 0 Å². The van der Waals surface area contributed by atoms with Gasteiger partial charge in [0.2, 0.25) is 0 Å². The molecule has 11 aromatic rings. The highest BCUT2D eigenvalue weighted by molar-refractivity contribution is 7.27. The molecule has 0 atom stereocenters. The van der Waals surface area contributed by atoms with Crippen LogP contribution in [0.5, 0.6) is 0 Å². The van der Waals surface area contributed by atoms with E-state index in [4.69, 9.17) is 0 Å². The lowest BCUT2D eigenvalue weighted by Gasteiger charge is -2.29. The van der Waals surface area contributed by atoms with Gasteiger partial charge in [-0.1, -0.05) is 121 Å². The molecule has 54 heavy (non-hydrogen) atoms. The third-order valence-electron chi connectivity index (χ3n) is 11.7. The Morgan fingerprint density at radius 1 is 0.389 bits per heavy atom. The molecule has 0 saturated heterocycles. The molecule has 0 radical (unpaired) electrons. The molecule has 0 amide bonds. The average molecular weight is 742 g/mol. The number of anilines is 3. The van der Waals surface area contributed by atoms with Gasteiger partial charge in [-0.15, -0.1) is 34.0 Å². The molecule has 1 aliphatic carbocycles. The number of nitrogens with zero attached hydrogens (tertiary/aromatic N) is 1. The van der Waals surface area contributed by atoms with E-state index in [9.17, 15) is 0 Å². The van der Waals surface area contributed by atoms with Gasteiger partial charge < -0.3 is 4.90 Å². The zero-order valence-corrected chi connectivity index (χ0v) is 31.8. The molecule has 4 heteroatoms. The van der Waals surface area contributed by atoms with Crippen molar-refractivity contribution < 1.29 is 0 Å². The summed E-state index contributed by atoms with van der Waals surface area (Å²) in [5.74, 6) is 0. The molecular formula is C50H31NS3. The van der Waals surface area contributed by atoms with Crippen molar-refractivity contribution in [2.45, 2.75) is 12.3 Å². The zero-order valence-electron chi connectivity index (χ0n) is 29.3. The van der Waals surface area contributed by atoms with E-state index in [0.29, 0.717) is 0 Å². The van der Waals surface area contributed by atoms with Crippen LogP contribution in [0.4, 0.5) is 17.1 Å². The monoisotopic (exact) mass is 741 g/mol. The topological polar surface area (TPSA) is 3.24 Å². The minimum absolute atomic E-state index is 0.283. The maximum atomic E-state index is 2.51. The van der Waals surface area contributed by atoms with E-state index in [2.05, 4.69) is 182 Å². The molecule has 1 nitrogen and oxygen atoms in total. The number of hydrogen-bond acceptors (Lipinski definition) is 4. The van der Waals surface area contributed by atoms with Crippen molar-refractivity contribution in [3.63, 3.8) is 0 Å². The fourth-order valence-corrected chi connectivity index (χ4v) is 12.8. The Morgan fingerprint density at radius 3 is 1.50 bits per heavy atom. The van der Waals surface area contributed by atoms with Crippen LogP contribution >= 0.6 is 34.0 Å². The highest BCUT2D eigenvalue weighted by Crippen LogP contribution is 2.56. The van der Waals surface area contributed by atoms with E-state index in [1.54, 1.807) is 0 Å². The van der Waals surface area contributed by atoms with Crippen LogP contribution in [-0.4, -0.2) is 0 Å². The van der Waals surface area contributed by atoms with Gasteiger partial charge in [-0.25, -0.2) is 0 Å². The van der Waals surface area contributed by atoms with Crippen LogP contribution in [0.15, 0.2) is 170 Å². The smallest absolute Gasteiger partial charge is 0.0640 e. The second-order valence-electron chi connectivity index (χ2n) is 14.5. The van der Waals surface area contributed by atoms with Gasteiger partial charge in [0, 0.05) is 72.6 Å². The largest absolute Gasteiger partial charge is 0.309 e. The summed E-state index contributed by atoms with van der Waals surface area (Å²) in [6.45, 7) is 2.44. The van der Waals surface area contributed by atoms with Crippen LogP contribution in [0.1, 0.15) is 23.6 Å². The van der Waals surface area contributed by atoms with Crippen molar-refractivity contribution in [3.8, 4) is 11.1 Å². The molecule has 0 aliphatic heterocycles. The third kappa shape index (κ3) is 4.19. The first-order chi connectivity index (χ1) is 26.6. The molecule has 3 heterocycles. The molecule has 12 rings (SSSR count). The Labute approximate surface area is 324 Å². The van der Waals surface area contributed by atoms with Gasteiger partial charge in [0.1, 0.15) is 0 Å². The molecule has 8 aromatic carbocycles. The van der Waals surface area contributed by atoms with Crippen LogP contribution in [-0.2, 0) is 5.41 Å². The van der Waals surface area contributed by atoms with Gasteiger partial charge in [0.25, 0.3) is 0 Å². The minimum atomic E-state index is -0.283. The Balaban J connectivity index is 1.12. The predicted octanol–water partition coefficient (Wildman–Crippen LogP) is 15.6. The molecule has 3 aromatic heterocycles. The van der Waals surface area contributed by atoms with Crippen LogP contribution in [0, 0.1) is 0 Å². The number of rotatable bonds is 4. The summed E-state index contributed by atoms with van der Waals surface area (Å²) in [5.41, 5.74) is 10.1. The molecule has 0 unspecified atom stereocenters. The number of hydrogen-bond donors (Lipinski definition) is 0. The maximum Gasteiger partial charge on any atom is 0.0640 e. The molecular weight excluding hydrogens is 711 g/mol. The zero-order chi connectivity index (χ0) is 35.5. The van der Waals surface area contributed by atoms with Crippen LogP contribution in [0.3, 0.4) is 0 Å². The first kappa shape index (κ1) is 30.7. The van der Waals surface area contributed by atoms with Gasteiger partial charge in [-0.05, 0) is 83.3 Å². The lowest BCUT2D eigenvalue weighted by Crippen LogP contribution is -2.22. The predicted molar refractivity (Wildman–Crippen MR) is 237 cm³/mol. The summed E-state index contributed by atoms with van der Waals surface area (Å²) >= 11 is 5.68. The van der Waals surface area contributed by atoms with E-state index in [0.717, 1.165) is 0 Å². The quantitative estimate of drug-likeness (QED) is 0.174. The maximum absolute atomic E-state index is 2.51. The van der Waals surface area contributed by atoms with Gasteiger partial charge in [0.15, 0.2) is 0 Å². The Bertz CT molecular complexity index is 3160. The Hall–Kier alpha value is -5.78. The van der Waals surface area contributed by atoms with Gasteiger partial charge in [-0.2, -0.15) is 0 Å². The van der Waals surface area contributed by atoms with Crippen molar-refractivity contribution in [2.24, 2.45) is 0 Å². The molecule has 0 spiro atoms. The van der Waals surface area contributed by atoms with Crippen LogP contribution in [0.2, 0.25) is 0 Å². The summed E-state index contributed by atoms with van der Waals surface area (Å²) in [4.78, 5) is 2.51. The van der Waals surface area contributed by atoms with Crippen molar-refractivity contribution in [1.82, 2.24) is 0 Å². The second kappa shape index (κ2) is 11.4. The second-order valence-corrected chi connectivity index (χ2v) is 17.8. The van der Waals surface area contributed by atoms with Crippen molar-refractivity contribution >= 4 is 112 Å². The van der Waals surface area contributed by atoms with Gasteiger partial charge in [0.05, 0.1) is 10.4 Å². The molecule has 0 fully saturated rings. The summed E-state index contributed by atoms with van der Waals surface area (Å²) in [5, 5.41) is 7.94. The first-order valence-electron chi connectivity index (χ1n) is 18.4. The fourth-order valence-electron chi connectivity index (χ4n) is 9.30. The molecule has 0 bridgehead atoms. The minimum Gasteiger partial charge on any atom is -0.309 e. The van der Waals surface area contributed by atoms with Gasteiger partial charge >= 0.3 is 0 Å². The van der Waals surface area contributed by atoms with Crippen molar-refractivity contribution in [2.75, 3.05) is 4.90 Å². The molecule has 1 aliphatic rings. The number of thiophene rings is 3. The van der Waals surface area contributed by atoms with Gasteiger partial charge in [-0.3, -0.25) is 0 Å². The van der Waals surface area contributed by atoms with Crippen molar-refractivity contribution in [3.05, 3.63) is 187 Å². The molecule has 254 valence electrons. The third-order valence-corrected chi connectivity index (χ3v) is 15.2. The van der Waals surface area contributed by atoms with E-state index < -0.39 is 0 Å². The normalized spacial score (nSPS) is 13.4. The standard InChI is InChI=1S/C50H31NS3/c1-50(39-17-6-2-12-32(39)33-13-3-7-18-40(33)50)41-19-11-23-45-48(41)38-16-10-20-42(49(38)54-45)51(30-24-26-36-34-14-4-8-21-43(34)52-46(36)28-30)31-25-27-37-35-15-5-9-22-44(35)53-47(37)29-31/h2-29H,1H3. The Morgan fingerprint density at radius 2 is 0.870 bits per heavy atom. The lowest BCUT2D eigenvalue weighted by atomic mass is 9.73. The van der Waals surface area contributed by atoms with E-state index >= 15 is 0 Å². The summed E-state index contributed by atoms with van der Waals surface area (Å²) < 4.78 is 7.88. The lowest BCUT2D eigenvalue weighted by molar-refractivity contribution is 0.722.